The fourth-order valence-corrected chi connectivity index (χ4v) is 5.81. The molecule has 2 bridgehead atoms. The van der Waals surface area contributed by atoms with Crippen LogP contribution < -0.4 is 4.74 Å². The Labute approximate surface area is 191 Å². The minimum atomic E-state index is -4.40. The molecular formula is C23H21F5N4O2. The van der Waals surface area contributed by atoms with Gasteiger partial charge in [-0.2, -0.15) is 13.2 Å². The van der Waals surface area contributed by atoms with Crippen molar-refractivity contribution >= 4 is 0 Å². The molecule has 6 rings (SSSR count). The van der Waals surface area contributed by atoms with Crippen LogP contribution in [0, 0.1) is 17.0 Å². The van der Waals surface area contributed by atoms with E-state index in [1.54, 1.807) is 12.1 Å². The summed E-state index contributed by atoms with van der Waals surface area (Å²) in [6.45, 7) is -1.44. The van der Waals surface area contributed by atoms with E-state index in [0.717, 1.165) is 37.0 Å². The van der Waals surface area contributed by atoms with Gasteiger partial charge >= 0.3 is 6.18 Å². The van der Waals surface area contributed by atoms with Gasteiger partial charge in [-0.05, 0) is 70.7 Å². The highest BCUT2D eigenvalue weighted by molar-refractivity contribution is 5.42. The number of aromatic nitrogens is 4. The summed E-state index contributed by atoms with van der Waals surface area (Å²) in [7, 11) is 0. The van der Waals surface area contributed by atoms with Crippen molar-refractivity contribution in [3.63, 3.8) is 0 Å². The smallest absolute Gasteiger partial charge is 0.422 e. The van der Waals surface area contributed by atoms with Gasteiger partial charge in [-0.15, -0.1) is 5.10 Å². The Hall–Kier alpha value is -3.08. The number of benzene rings is 2. The Kier molecular flexibility index (Phi) is 5.16. The van der Waals surface area contributed by atoms with Gasteiger partial charge in [-0.25, -0.2) is 13.5 Å². The average Bonchev–Trinajstić information content (AvgIpc) is 3.20. The molecule has 3 aromatic rings. The first-order valence-corrected chi connectivity index (χ1v) is 10.7. The molecule has 1 aromatic heterocycles. The average molecular weight is 480 g/mol. The molecule has 1 atom stereocenters. The van der Waals surface area contributed by atoms with Crippen molar-refractivity contribution in [2.75, 3.05) is 6.61 Å². The van der Waals surface area contributed by atoms with Crippen LogP contribution in [0.1, 0.15) is 36.8 Å². The van der Waals surface area contributed by atoms with Crippen molar-refractivity contribution in [1.29, 1.82) is 0 Å². The lowest BCUT2D eigenvalue weighted by Gasteiger charge is -2.72. The zero-order valence-corrected chi connectivity index (χ0v) is 17.9. The van der Waals surface area contributed by atoms with Gasteiger partial charge < -0.3 is 9.84 Å². The summed E-state index contributed by atoms with van der Waals surface area (Å²) < 4.78 is 71.3. The largest absolute Gasteiger partial charge is 0.484 e. The second-order valence-corrected chi connectivity index (χ2v) is 9.58. The highest BCUT2D eigenvalue weighted by Gasteiger charge is 2.69. The molecule has 34 heavy (non-hydrogen) atoms. The third-order valence-electron chi connectivity index (χ3n) is 6.92. The summed E-state index contributed by atoms with van der Waals surface area (Å²) in [6.07, 6.45) is -0.631. The predicted octanol–water partition coefficient (Wildman–Crippen LogP) is 4.29. The molecule has 6 nitrogen and oxygen atoms in total. The quantitative estimate of drug-likeness (QED) is 0.487. The molecule has 0 aliphatic heterocycles. The Bertz CT molecular complexity index is 1160. The van der Waals surface area contributed by atoms with Gasteiger partial charge in [-0.1, -0.05) is 18.2 Å². The minimum Gasteiger partial charge on any atom is -0.484 e. The lowest BCUT2D eigenvalue weighted by atomic mass is 9.32. The number of aliphatic hydroxyl groups is 1. The van der Waals surface area contributed by atoms with Crippen LogP contribution in [-0.4, -0.2) is 38.1 Å². The zero-order valence-electron chi connectivity index (χ0n) is 17.9. The highest BCUT2D eigenvalue weighted by atomic mass is 19.4. The van der Waals surface area contributed by atoms with Gasteiger partial charge in [0.15, 0.2) is 6.61 Å². The first-order valence-electron chi connectivity index (χ1n) is 10.7. The van der Waals surface area contributed by atoms with E-state index in [9.17, 15) is 27.1 Å². The summed E-state index contributed by atoms with van der Waals surface area (Å²) in [4.78, 5) is 0. The number of tetrazole rings is 1. The molecule has 0 radical (unpaired) electrons. The first kappa shape index (κ1) is 22.7. The number of ether oxygens (including phenoxy) is 1. The maximum absolute atomic E-state index is 14.7. The lowest BCUT2D eigenvalue weighted by Crippen LogP contribution is -2.66. The summed E-state index contributed by atoms with van der Waals surface area (Å²) in [6, 6.07) is 9.67. The molecule has 2 aromatic carbocycles. The van der Waals surface area contributed by atoms with Crippen LogP contribution in [0.25, 0.3) is 0 Å². The molecule has 0 amide bonds. The first-order chi connectivity index (χ1) is 16.0. The van der Waals surface area contributed by atoms with Crippen LogP contribution in [0.3, 0.4) is 0 Å². The van der Waals surface area contributed by atoms with Crippen molar-refractivity contribution in [2.24, 2.45) is 5.41 Å². The SMILES string of the molecule is O[C@](Cn1cnnn1)(CC12CC(c3ccc(OCC(F)(F)F)cc3)(C1)C2)c1ccc(F)cc1F. The fraction of sp³-hybridized carbons (Fsp3) is 0.435. The van der Waals surface area contributed by atoms with E-state index in [2.05, 4.69) is 15.5 Å². The molecule has 0 unspecified atom stereocenters. The van der Waals surface area contributed by atoms with Gasteiger partial charge in [0.25, 0.3) is 0 Å². The number of alkyl halides is 3. The summed E-state index contributed by atoms with van der Waals surface area (Å²) in [5.41, 5.74) is -1.05. The number of hydrogen-bond acceptors (Lipinski definition) is 5. The van der Waals surface area contributed by atoms with Crippen molar-refractivity contribution in [3.05, 3.63) is 71.6 Å². The minimum absolute atomic E-state index is 0.0191. The molecule has 3 aliphatic carbocycles. The monoisotopic (exact) mass is 480 g/mol. The second kappa shape index (κ2) is 7.72. The van der Waals surface area contributed by atoms with E-state index in [4.69, 9.17) is 4.74 Å². The van der Waals surface area contributed by atoms with Crippen LogP contribution in [0.5, 0.6) is 5.75 Å². The molecular weight excluding hydrogens is 459 g/mol. The van der Waals surface area contributed by atoms with E-state index in [1.165, 1.54) is 29.2 Å². The van der Waals surface area contributed by atoms with Gasteiger partial charge in [-0.3, -0.25) is 0 Å². The molecule has 0 saturated heterocycles. The maximum Gasteiger partial charge on any atom is 0.422 e. The van der Waals surface area contributed by atoms with Crippen molar-refractivity contribution in [1.82, 2.24) is 20.2 Å². The Balaban J connectivity index is 1.30. The predicted molar refractivity (Wildman–Crippen MR) is 109 cm³/mol. The lowest BCUT2D eigenvalue weighted by molar-refractivity contribution is -0.188. The van der Waals surface area contributed by atoms with E-state index in [1.807, 2.05) is 0 Å². The summed E-state index contributed by atoms with van der Waals surface area (Å²) in [5, 5.41) is 22.5. The Morgan fingerprint density at radius 2 is 1.74 bits per heavy atom. The molecule has 0 spiro atoms. The third kappa shape index (κ3) is 4.13. The Morgan fingerprint density at radius 1 is 1.03 bits per heavy atom. The van der Waals surface area contributed by atoms with Gasteiger partial charge in [0.1, 0.15) is 29.3 Å². The van der Waals surface area contributed by atoms with Gasteiger partial charge in [0, 0.05) is 11.6 Å². The summed E-state index contributed by atoms with van der Waals surface area (Å²) >= 11 is 0. The number of halogens is 5. The number of hydrogen-bond donors (Lipinski definition) is 1. The second-order valence-electron chi connectivity index (χ2n) is 9.58. The molecule has 3 fully saturated rings. The van der Waals surface area contributed by atoms with E-state index in [-0.39, 0.29) is 35.1 Å². The van der Waals surface area contributed by atoms with Crippen LogP contribution >= 0.6 is 0 Å². The van der Waals surface area contributed by atoms with Crippen molar-refractivity contribution in [2.45, 2.75) is 49.4 Å². The van der Waals surface area contributed by atoms with E-state index in [0.29, 0.717) is 0 Å². The normalized spacial score (nSPS) is 25.2. The molecule has 1 heterocycles. The van der Waals surface area contributed by atoms with Crippen molar-refractivity contribution < 1.29 is 31.8 Å². The standard InChI is InChI=1S/C23H21F5N4O2/c24-16-3-6-18(19(25)7-16)22(33,12-32-14-29-30-31-32)11-20-8-21(9-20,10-20)15-1-4-17(5-2-15)34-13-23(26,27)28/h1-7,14,33H,8-13H2/t20?,21?,22-/m0/s1. The summed E-state index contributed by atoms with van der Waals surface area (Å²) in [5.74, 6) is -1.44. The van der Waals surface area contributed by atoms with Crippen LogP contribution in [0.2, 0.25) is 0 Å². The molecule has 3 aliphatic rings. The van der Waals surface area contributed by atoms with Gasteiger partial charge in [0.2, 0.25) is 0 Å². The van der Waals surface area contributed by atoms with Crippen LogP contribution in [0.15, 0.2) is 48.8 Å². The molecule has 11 heteroatoms. The van der Waals surface area contributed by atoms with E-state index < -0.39 is 30.0 Å². The molecule has 1 N–H and O–H groups in total. The zero-order chi connectivity index (χ0) is 24.2. The Morgan fingerprint density at radius 3 is 2.32 bits per heavy atom. The van der Waals surface area contributed by atoms with Crippen molar-refractivity contribution in [3.8, 4) is 5.75 Å². The number of rotatable bonds is 8. The van der Waals surface area contributed by atoms with Gasteiger partial charge in [0.05, 0.1) is 6.54 Å². The molecule has 180 valence electrons. The van der Waals surface area contributed by atoms with Crippen LogP contribution in [-0.2, 0) is 17.6 Å². The number of nitrogens with zero attached hydrogens (tertiary/aromatic N) is 4. The maximum atomic E-state index is 14.7. The van der Waals surface area contributed by atoms with Crippen LogP contribution in [0.4, 0.5) is 22.0 Å². The third-order valence-corrected chi connectivity index (χ3v) is 6.92. The molecule has 3 saturated carbocycles. The van der Waals surface area contributed by atoms with E-state index >= 15 is 0 Å². The fourth-order valence-electron chi connectivity index (χ4n) is 5.81. The topological polar surface area (TPSA) is 73.1 Å². The highest BCUT2D eigenvalue weighted by Crippen LogP contribution is 2.76.